The van der Waals surface area contributed by atoms with Gasteiger partial charge in [0.15, 0.2) is 0 Å². The minimum atomic E-state index is -0.400. The summed E-state index contributed by atoms with van der Waals surface area (Å²) < 4.78 is 19.4. The molecular weight excluding hydrogens is 343 g/mol. The quantitative estimate of drug-likeness (QED) is 0.602. The summed E-state index contributed by atoms with van der Waals surface area (Å²) >= 11 is 6.14. The lowest BCUT2D eigenvalue weighted by molar-refractivity contribution is -0.117. The number of halogens is 2. The second-order valence-electron chi connectivity index (χ2n) is 5.39. The van der Waals surface area contributed by atoms with E-state index in [1.165, 1.54) is 12.3 Å². The first kappa shape index (κ1) is 17.2. The lowest BCUT2D eigenvalue weighted by Crippen LogP contribution is -2.35. The van der Waals surface area contributed by atoms with Gasteiger partial charge in [-0.3, -0.25) is 9.79 Å². The van der Waals surface area contributed by atoms with Gasteiger partial charge in [0.2, 0.25) is 5.91 Å². The number of hydrogen-bond acceptors (Lipinski definition) is 3. The number of ether oxygens (including phenoxy) is 1. The van der Waals surface area contributed by atoms with Gasteiger partial charge in [-0.25, -0.2) is 4.39 Å². The topological polar surface area (TPSA) is 41.9 Å². The third-order valence-corrected chi connectivity index (χ3v) is 4.09. The van der Waals surface area contributed by atoms with Gasteiger partial charge in [0, 0.05) is 16.1 Å². The van der Waals surface area contributed by atoms with Crippen LogP contribution in [0.4, 0.5) is 10.1 Å². The van der Waals surface area contributed by atoms with Gasteiger partial charge in [-0.05, 0) is 30.3 Å². The number of anilines is 1. The van der Waals surface area contributed by atoms with Gasteiger partial charge in [0.05, 0.1) is 24.2 Å². The van der Waals surface area contributed by atoms with Crippen LogP contribution in [0, 0.1) is 5.82 Å². The number of benzene rings is 2. The molecule has 128 valence electrons. The van der Waals surface area contributed by atoms with E-state index in [4.69, 9.17) is 16.3 Å². The fraction of sp³-hybridized carbons (Fsp3) is 0.158. The van der Waals surface area contributed by atoms with Crippen LogP contribution in [0.3, 0.4) is 0 Å². The maximum atomic E-state index is 14.3. The van der Waals surface area contributed by atoms with Crippen molar-refractivity contribution in [3.05, 3.63) is 77.3 Å². The average molecular weight is 359 g/mol. The van der Waals surface area contributed by atoms with Gasteiger partial charge in [0.1, 0.15) is 19.0 Å². The summed E-state index contributed by atoms with van der Waals surface area (Å²) in [6, 6.07) is 11.5. The number of carbonyl (C=O) groups excluding carboxylic acids is 1. The molecule has 1 aliphatic rings. The summed E-state index contributed by atoms with van der Waals surface area (Å²) in [7, 11) is 0. The maximum Gasteiger partial charge on any atom is 0.248 e. The first-order valence-electron chi connectivity index (χ1n) is 7.74. The molecule has 0 spiro atoms. The molecule has 3 rings (SSSR count). The van der Waals surface area contributed by atoms with Gasteiger partial charge in [-0.1, -0.05) is 30.3 Å². The standard InChI is InChI=1S/C19H16ClFN2O2/c1-2-25-10-9-23-17-8-7-13(20)11-15(17)19(22-12-18(23)24)14-5-3-4-6-16(14)21/h2-8,11H,1,9-10,12H2. The van der Waals surface area contributed by atoms with E-state index in [9.17, 15) is 9.18 Å². The molecule has 25 heavy (non-hydrogen) atoms. The Morgan fingerprint density at radius 2 is 2.08 bits per heavy atom. The summed E-state index contributed by atoms with van der Waals surface area (Å²) in [5.74, 6) is -0.592. The Bertz CT molecular complexity index is 851. The van der Waals surface area contributed by atoms with Crippen molar-refractivity contribution in [2.75, 3.05) is 24.6 Å². The fourth-order valence-electron chi connectivity index (χ4n) is 2.74. The van der Waals surface area contributed by atoms with Crippen molar-refractivity contribution in [3.63, 3.8) is 0 Å². The van der Waals surface area contributed by atoms with Crippen molar-refractivity contribution in [1.82, 2.24) is 0 Å². The molecule has 4 nitrogen and oxygen atoms in total. The highest BCUT2D eigenvalue weighted by Crippen LogP contribution is 2.30. The molecule has 1 amide bonds. The predicted molar refractivity (Wildman–Crippen MR) is 96.9 cm³/mol. The predicted octanol–water partition coefficient (Wildman–Crippen LogP) is 3.82. The molecule has 0 saturated heterocycles. The normalized spacial score (nSPS) is 13.8. The SMILES string of the molecule is C=COCCN1C(=O)CN=C(c2ccccc2F)c2cc(Cl)ccc21. The van der Waals surface area contributed by atoms with Gasteiger partial charge in [0.25, 0.3) is 0 Å². The second kappa shape index (κ2) is 7.49. The highest BCUT2D eigenvalue weighted by atomic mass is 35.5. The Labute approximate surface area is 150 Å². The number of aliphatic imine (C=N–C) groups is 1. The van der Waals surface area contributed by atoms with E-state index in [1.54, 1.807) is 41.3 Å². The van der Waals surface area contributed by atoms with Crippen LogP contribution in [0.25, 0.3) is 0 Å². The summed E-state index contributed by atoms with van der Waals surface area (Å²) in [5, 5.41) is 0.486. The monoisotopic (exact) mass is 358 g/mol. The van der Waals surface area contributed by atoms with E-state index in [-0.39, 0.29) is 12.5 Å². The second-order valence-corrected chi connectivity index (χ2v) is 5.83. The zero-order valence-corrected chi connectivity index (χ0v) is 14.2. The summed E-state index contributed by atoms with van der Waals surface area (Å²) in [5.41, 5.74) is 1.99. The number of nitrogens with zero attached hydrogens (tertiary/aromatic N) is 2. The number of benzodiazepines with no additional fused rings is 1. The number of fused-ring (bicyclic) bond motifs is 1. The van der Waals surface area contributed by atoms with Crippen molar-refractivity contribution >= 4 is 28.9 Å². The Morgan fingerprint density at radius 3 is 2.84 bits per heavy atom. The molecule has 0 radical (unpaired) electrons. The average Bonchev–Trinajstić information content (AvgIpc) is 2.73. The van der Waals surface area contributed by atoms with Crippen LogP contribution in [0.5, 0.6) is 0 Å². The zero-order chi connectivity index (χ0) is 17.8. The number of amides is 1. The largest absolute Gasteiger partial charge is 0.500 e. The van der Waals surface area contributed by atoms with Crippen LogP contribution in [0.15, 0.2) is 60.3 Å². The van der Waals surface area contributed by atoms with Crippen LogP contribution >= 0.6 is 11.6 Å². The van der Waals surface area contributed by atoms with Crippen LogP contribution in [-0.2, 0) is 9.53 Å². The highest BCUT2D eigenvalue weighted by Gasteiger charge is 2.26. The number of hydrogen-bond donors (Lipinski definition) is 0. The molecule has 1 heterocycles. The zero-order valence-electron chi connectivity index (χ0n) is 13.4. The van der Waals surface area contributed by atoms with Crippen molar-refractivity contribution in [3.8, 4) is 0 Å². The lowest BCUT2D eigenvalue weighted by Gasteiger charge is -2.23. The Hall–Kier alpha value is -2.66. The number of rotatable bonds is 5. The molecule has 0 unspecified atom stereocenters. The molecule has 0 N–H and O–H groups in total. The summed E-state index contributed by atoms with van der Waals surface area (Å²) in [6.07, 6.45) is 1.33. The lowest BCUT2D eigenvalue weighted by atomic mass is 9.99. The fourth-order valence-corrected chi connectivity index (χ4v) is 2.91. The minimum Gasteiger partial charge on any atom is -0.500 e. The van der Waals surface area contributed by atoms with Crippen LogP contribution < -0.4 is 4.90 Å². The highest BCUT2D eigenvalue weighted by molar-refractivity contribution is 6.32. The van der Waals surface area contributed by atoms with Gasteiger partial charge in [-0.2, -0.15) is 0 Å². The molecule has 0 aliphatic carbocycles. The molecule has 2 aromatic carbocycles. The van der Waals surface area contributed by atoms with E-state index >= 15 is 0 Å². The summed E-state index contributed by atoms with van der Waals surface area (Å²) in [6.45, 7) is 4.04. The van der Waals surface area contributed by atoms with Crippen molar-refractivity contribution in [1.29, 1.82) is 0 Å². The van der Waals surface area contributed by atoms with Crippen molar-refractivity contribution in [2.45, 2.75) is 0 Å². The first-order chi connectivity index (χ1) is 12.1. The molecule has 2 aromatic rings. The van der Waals surface area contributed by atoms with Crippen molar-refractivity contribution in [2.24, 2.45) is 4.99 Å². The Morgan fingerprint density at radius 1 is 1.28 bits per heavy atom. The Balaban J connectivity index is 2.11. The molecule has 0 aromatic heterocycles. The smallest absolute Gasteiger partial charge is 0.248 e. The van der Waals surface area contributed by atoms with E-state index in [0.717, 1.165) is 0 Å². The molecule has 0 saturated carbocycles. The van der Waals surface area contributed by atoms with E-state index < -0.39 is 5.82 Å². The molecule has 0 atom stereocenters. The van der Waals surface area contributed by atoms with Crippen LogP contribution in [0.2, 0.25) is 5.02 Å². The summed E-state index contributed by atoms with van der Waals surface area (Å²) in [4.78, 5) is 18.5. The van der Waals surface area contributed by atoms with Gasteiger partial charge >= 0.3 is 0 Å². The molecule has 1 aliphatic heterocycles. The number of carbonyl (C=O) groups is 1. The van der Waals surface area contributed by atoms with Gasteiger partial charge in [-0.15, -0.1) is 0 Å². The molecule has 0 bridgehead atoms. The Kier molecular flexibility index (Phi) is 5.14. The molecule has 6 heteroatoms. The third-order valence-electron chi connectivity index (χ3n) is 3.86. The molecular formula is C19H16ClFN2O2. The van der Waals surface area contributed by atoms with Crippen LogP contribution in [0.1, 0.15) is 11.1 Å². The van der Waals surface area contributed by atoms with E-state index in [2.05, 4.69) is 11.6 Å². The molecule has 0 fully saturated rings. The van der Waals surface area contributed by atoms with Gasteiger partial charge < -0.3 is 9.64 Å². The van der Waals surface area contributed by atoms with E-state index in [1.807, 2.05) is 0 Å². The maximum absolute atomic E-state index is 14.3. The third kappa shape index (κ3) is 3.56. The van der Waals surface area contributed by atoms with Crippen LogP contribution in [-0.4, -0.2) is 31.3 Å². The van der Waals surface area contributed by atoms with E-state index in [0.29, 0.717) is 40.7 Å². The minimum absolute atomic E-state index is 0.0793. The van der Waals surface area contributed by atoms with Crippen molar-refractivity contribution < 1.29 is 13.9 Å². The first-order valence-corrected chi connectivity index (χ1v) is 8.11.